The highest BCUT2D eigenvalue weighted by molar-refractivity contribution is 7.18. The Kier molecular flexibility index (Phi) is 9.13. The van der Waals surface area contributed by atoms with E-state index in [2.05, 4.69) is 25.8 Å². The predicted molar refractivity (Wildman–Crippen MR) is 137 cm³/mol. The first-order valence-electron chi connectivity index (χ1n) is 10.6. The monoisotopic (exact) mass is 514 g/mol. The van der Waals surface area contributed by atoms with E-state index in [1.54, 1.807) is 27.2 Å². The predicted octanol–water partition coefficient (Wildman–Crippen LogP) is 3.13. The molecule has 0 unspecified atom stereocenters. The van der Waals surface area contributed by atoms with Crippen LogP contribution in [0.3, 0.4) is 0 Å². The average Bonchev–Trinajstić information content (AvgIpc) is 3.29. The molecule has 0 bridgehead atoms. The number of rotatable bonds is 11. The Balaban J connectivity index is 1.89. The molecule has 12 nitrogen and oxygen atoms in total. The van der Waals surface area contributed by atoms with Crippen molar-refractivity contribution in [2.45, 2.75) is 13.0 Å². The minimum Gasteiger partial charge on any atom is -0.496 e. The maximum atomic E-state index is 12.9. The van der Waals surface area contributed by atoms with Crippen molar-refractivity contribution in [3.05, 3.63) is 64.4 Å². The van der Waals surface area contributed by atoms with E-state index in [1.807, 2.05) is 24.3 Å². The van der Waals surface area contributed by atoms with Gasteiger partial charge in [-0.1, -0.05) is 29.5 Å². The van der Waals surface area contributed by atoms with Gasteiger partial charge in [-0.3, -0.25) is 10.1 Å². The molecule has 1 amide bonds. The smallest absolute Gasteiger partial charge is 0.381 e. The van der Waals surface area contributed by atoms with Crippen LogP contribution in [0.15, 0.2) is 56.8 Å². The minimum atomic E-state index is -0.837. The van der Waals surface area contributed by atoms with Crippen molar-refractivity contribution in [3.8, 4) is 11.5 Å². The summed E-state index contributed by atoms with van der Waals surface area (Å²) in [6.07, 6.45) is 2.95. The summed E-state index contributed by atoms with van der Waals surface area (Å²) in [7, 11) is 4.44. The highest BCUT2D eigenvalue weighted by atomic mass is 32.1. The number of nitrogens with one attached hydrogen (secondary N) is 2. The van der Waals surface area contributed by atoms with Crippen molar-refractivity contribution in [3.63, 3.8) is 0 Å². The second kappa shape index (κ2) is 12.5. The number of aliphatic imine (C=N–C) groups is 1. The van der Waals surface area contributed by atoms with Gasteiger partial charge in [0.05, 0.1) is 32.6 Å². The van der Waals surface area contributed by atoms with Crippen LogP contribution in [-0.2, 0) is 4.74 Å². The Morgan fingerprint density at radius 3 is 2.72 bits per heavy atom. The third kappa shape index (κ3) is 6.46. The lowest BCUT2D eigenvalue weighted by atomic mass is 10.1. The van der Waals surface area contributed by atoms with Gasteiger partial charge in [0, 0.05) is 24.5 Å². The molecular formula is C23H26N6O6S. The van der Waals surface area contributed by atoms with Gasteiger partial charge in [-0.25, -0.2) is 9.79 Å². The van der Waals surface area contributed by atoms with Crippen LogP contribution in [0.5, 0.6) is 11.5 Å². The number of allylic oxidation sites excluding steroid dienone is 1. The number of anilines is 2. The number of ether oxygens (including phenoxy) is 3. The van der Waals surface area contributed by atoms with Crippen molar-refractivity contribution in [1.29, 1.82) is 0 Å². The van der Waals surface area contributed by atoms with E-state index in [0.29, 0.717) is 16.6 Å². The molecule has 3 rings (SSSR count). The third-order valence-electron chi connectivity index (χ3n) is 4.76. The fraction of sp³-hybridized carbons (Fsp3) is 0.261. The van der Waals surface area contributed by atoms with Gasteiger partial charge in [0.15, 0.2) is 5.76 Å². The summed E-state index contributed by atoms with van der Waals surface area (Å²) >= 11 is 1.04. The largest absolute Gasteiger partial charge is 0.496 e. The van der Waals surface area contributed by atoms with Crippen LogP contribution < -0.4 is 31.5 Å². The van der Waals surface area contributed by atoms with Crippen LogP contribution >= 0.6 is 11.3 Å². The van der Waals surface area contributed by atoms with Gasteiger partial charge in [0.2, 0.25) is 16.0 Å². The fourth-order valence-corrected chi connectivity index (χ4v) is 3.88. The Morgan fingerprint density at radius 2 is 2.03 bits per heavy atom. The third-order valence-corrected chi connectivity index (χ3v) is 5.49. The molecule has 13 heteroatoms. The van der Waals surface area contributed by atoms with Gasteiger partial charge >= 0.3 is 5.63 Å². The van der Waals surface area contributed by atoms with E-state index in [9.17, 15) is 9.59 Å². The second-order valence-corrected chi connectivity index (χ2v) is 8.15. The van der Waals surface area contributed by atoms with Gasteiger partial charge in [-0.15, -0.1) is 10.2 Å². The zero-order chi connectivity index (χ0) is 26.1. The van der Waals surface area contributed by atoms with Gasteiger partial charge in [-0.05, 0) is 25.3 Å². The highest BCUT2D eigenvalue weighted by Crippen LogP contribution is 2.31. The molecule has 0 saturated heterocycles. The first-order valence-corrected chi connectivity index (χ1v) is 11.4. The van der Waals surface area contributed by atoms with Crippen molar-refractivity contribution in [1.82, 2.24) is 10.2 Å². The lowest BCUT2D eigenvalue weighted by Gasteiger charge is -2.22. The van der Waals surface area contributed by atoms with Crippen LogP contribution in [0.1, 0.15) is 29.1 Å². The van der Waals surface area contributed by atoms with E-state index >= 15 is 0 Å². The molecule has 190 valence electrons. The summed E-state index contributed by atoms with van der Waals surface area (Å²) in [5.74, 6) is -0.442. The second-order valence-electron chi connectivity index (χ2n) is 7.20. The number of hydrogen-bond acceptors (Lipinski definition) is 12. The van der Waals surface area contributed by atoms with E-state index < -0.39 is 17.6 Å². The summed E-state index contributed by atoms with van der Waals surface area (Å²) in [5.41, 5.74) is 6.14. The molecule has 4 N–H and O–H groups in total. The van der Waals surface area contributed by atoms with Crippen molar-refractivity contribution < 1.29 is 23.4 Å². The van der Waals surface area contributed by atoms with Crippen molar-refractivity contribution >= 4 is 38.9 Å². The topological polar surface area (TPSA) is 163 Å². The molecule has 3 aromatic rings. The first-order chi connectivity index (χ1) is 17.4. The Morgan fingerprint density at radius 1 is 1.25 bits per heavy atom. The maximum Gasteiger partial charge on any atom is 0.381 e. The fourth-order valence-electron chi connectivity index (χ4n) is 3.21. The molecule has 1 atom stereocenters. The summed E-state index contributed by atoms with van der Waals surface area (Å²) in [4.78, 5) is 29.7. The van der Waals surface area contributed by atoms with Gasteiger partial charge < -0.3 is 29.7 Å². The lowest BCUT2D eigenvalue weighted by Crippen LogP contribution is -2.21. The average molecular weight is 515 g/mol. The number of carbonyl (C=O) groups excluding carboxylic acids is 1. The summed E-state index contributed by atoms with van der Waals surface area (Å²) < 4.78 is 21.2. The zero-order valence-electron chi connectivity index (χ0n) is 20.1. The minimum absolute atomic E-state index is 0.0986. The van der Waals surface area contributed by atoms with Crippen molar-refractivity contribution in [2.75, 3.05) is 38.6 Å². The van der Waals surface area contributed by atoms with E-state index in [1.165, 1.54) is 19.4 Å². The molecule has 0 spiro atoms. The molecule has 0 aliphatic rings. The molecular weight excluding hydrogens is 488 g/mol. The lowest BCUT2D eigenvalue weighted by molar-refractivity contribution is 0.0991. The normalized spacial score (nSPS) is 12.4. The molecule has 0 aliphatic carbocycles. The van der Waals surface area contributed by atoms with E-state index in [0.717, 1.165) is 16.9 Å². The molecule has 0 radical (unpaired) electrons. The van der Waals surface area contributed by atoms with Crippen LogP contribution in [0.2, 0.25) is 0 Å². The molecule has 36 heavy (non-hydrogen) atoms. The van der Waals surface area contributed by atoms with Gasteiger partial charge in [0.25, 0.3) is 5.91 Å². The molecule has 0 saturated carbocycles. The number of benzene rings is 1. The number of nitrogens with zero attached hydrogens (tertiary/aromatic N) is 3. The number of nitrogens with two attached hydrogens (primary N) is 1. The van der Waals surface area contributed by atoms with Gasteiger partial charge in [0.1, 0.15) is 5.75 Å². The molecule has 2 aromatic heterocycles. The molecule has 0 fully saturated rings. The summed E-state index contributed by atoms with van der Waals surface area (Å²) in [5, 5.41) is 14.0. The van der Waals surface area contributed by atoms with Crippen LogP contribution in [-0.4, -0.2) is 49.8 Å². The van der Waals surface area contributed by atoms with Crippen LogP contribution in [0.25, 0.3) is 0 Å². The number of amides is 1. The Bertz CT molecular complexity index is 1320. The van der Waals surface area contributed by atoms with E-state index in [4.69, 9.17) is 24.4 Å². The Labute approximate surface area is 210 Å². The maximum absolute atomic E-state index is 12.9. The zero-order valence-corrected chi connectivity index (χ0v) is 20.9. The molecule has 0 aliphatic heterocycles. The standard InChI is InChI=1S/C23H26N6O6S/c1-13(9-10-24)25-22-28-29-23(36-22)27-20(30)18-11-15(19(34-4)21(31)35-18)26-16(12-32-2)14-7-5-6-8-17(14)33-3/h5-11,16,26H,12,24H2,1-4H3,(H,27,29,30)/b10-9-,25-13+/t16-/m0/s1. The summed E-state index contributed by atoms with van der Waals surface area (Å²) in [6, 6.07) is 8.29. The van der Waals surface area contributed by atoms with Crippen LogP contribution in [0, 0.1) is 0 Å². The molecule has 1 aromatic carbocycles. The quantitative estimate of drug-likeness (QED) is 0.324. The SMILES string of the molecule is COC[C@H](Nc1cc(C(=O)Nc2nnc(/N=C(C)/C=C\N)s2)oc(=O)c1OC)c1ccccc1OC. The molecule has 2 heterocycles. The van der Waals surface area contributed by atoms with E-state index in [-0.39, 0.29) is 28.9 Å². The number of hydrogen-bond donors (Lipinski definition) is 3. The number of para-hydroxylation sites is 1. The summed E-state index contributed by atoms with van der Waals surface area (Å²) in [6.45, 7) is 1.98. The van der Waals surface area contributed by atoms with Crippen LogP contribution in [0.4, 0.5) is 16.0 Å². The highest BCUT2D eigenvalue weighted by Gasteiger charge is 2.23. The number of carbonyl (C=O) groups is 1. The number of methoxy groups -OCH3 is 3. The van der Waals surface area contributed by atoms with Gasteiger partial charge in [-0.2, -0.15) is 0 Å². The van der Waals surface area contributed by atoms with Crippen molar-refractivity contribution in [2.24, 2.45) is 10.7 Å². The number of aromatic nitrogens is 2. The first kappa shape index (κ1) is 26.4. The Hall–Kier alpha value is -4.23.